The molecule has 1 unspecified atom stereocenters. The van der Waals surface area contributed by atoms with Gasteiger partial charge in [0.25, 0.3) is 0 Å². The van der Waals surface area contributed by atoms with Gasteiger partial charge in [0, 0.05) is 6.42 Å². The number of nitriles is 1. The number of ether oxygens (including phenoxy) is 1. The molecule has 1 fully saturated rings. The zero-order valence-corrected chi connectivity index (χ0v) is 7.19. The number of aldehydes is 1. The summed E-state index contributed by atoms with van der Waals surface area (Å²) < 4.78 is 5.25. The molecule has 0 saturated carbocycles. The van der Waals surface area contributed by atoms with Crippen molar-refractivity contribution in [1.29, 1.82) is 5.26 Å². The van der Waals surface area contributed by atoms with Gasteiger partial charge >= 0.3 is 0 Å². The molecule has 3 heteroatoms. The number of hydrogen-bond acceptors (Lipinski definition) is 3. The van der Waals surface area contributed by atoms with Crippen molar-refractivity contribution >= 4 is 6.29 Å². The zero-order valence-electron chi connectivity index (χ0n) is 7.19. The van der Waals surface area contributed by atoms with Gasteiger partial charge in [0.1, 0.15) is 12.4 Å². The molecule has 0 bridgehead atoms. The predicted molar refractivity (Wildman–Crippen MR) is 43.3 cm³/mol. The normalized spacial score (nSPS) is 34.5. The summed E-state index contributed by atoms with van der Waals surface area (Å²) in [5, 5.41) is 8.39. The fourth-order valence-electron chi connectivity index (χ4n) is 1.65. The Bertz CT molecular complexity index is 197. The Morgan fingerprint density at radius 1 is 1.75 bits per heavy atom. The van der Waals surface area contributed by atoms with Crippen LogP contribution >= 0.6 is 0 Å². The number of rotatable bonds is 3. The van der Waals surface area contributed by atoms with E-state index in [0.717, 1.165) is 12.7 Å². The minimum Gasteiger partial charge on any atom is -0.370 e. The molecule has 12 heavy (non-hydrogen) atoms. The van der Waals surface area contributed by atoms with Crippen LogP contribution in [0.3, 0.4) is 0 Å². The average molecular weight is 167 g/mol. The maximum atomic E-state index is 10.5. The largest absolute Gasteiger partial charge is 0.370 e. The first-order valence-electron chi connectivity index (χ1n) is 4.23. The summed E-state index contributed by atoms with van der Waals surface area (Å²) in [6.45, 7) is 2.71. The molecule has 0 aliphatic carbocycles. The molecule has 3 atom stereocenters. The molecule has 1 aliphatic rings. The third-order valence-electron chi connectivity index (χ3n) is 2.43. The number of hydrogen-bond donors (Lipinski definition) is 0. The number of carbonyl (C=O) groups is 1. The lowest BCUT2D eigenvalue weighted by molar-refractivity contribution is -0.117. The van der Waals surface area contributed by atoms with Crippen molar-refractivity contribution in [2.45, 2.75) is 25.9 Å². The van der Waals surface area contributed by atoms with E-state index in [1.54, 1.807) is 0 Å². The first-order valence-corrected chi connectivity index (χ1v) is 4.23. The SMILES string of the molecule is C[C@H]1COC(C=O)[C@H]1CCC#N. The molecule has 0 N–H and O–H groups in total. The van der Waals surface area contributed by atoms with Crippen LogP contribution in [0.25, 0.3) is 0 Å². The second kappa shape index (κ2) is 4.22. The fourth-order valence-corrected chi connectivity index (χ4v) is 1.65. The van der Waals surface area contributed by atoms with Crippen molar-refractivity contribution in [2.24, 2.45) is 11.8 Å². The van der Waals surface area contributed by atoms with Gasteiger partial charge in [-0.3, -0.25) is 0 Å². The van der Waals surface area contributed by atoms with E-state index in [1.807, 2.05) is 0 Å². The minimum atomic E-state index is -0.270. The van der Waals surface area contributed by atoms with E-state index in [2.05, 4.69) is 13.0 Å². The Morgan fingerprint density at radius 2 is 2.50 bits per heavy atom. The predicted octanol–water partition coefficient (Wildman–Crippen LogP) is 1.14. The Hall–Kier alpha value is -0.880. The van der Waals surface area contributed by atoms with Crippen LogP contribution in [-0.2, 0) is 9.53 Å². The topological polar surface area (TPSA) is 50.1 Å². The molecule has 0 aromatic rings. The fraction of sp³-hybridized carbons (Fsp3) is 0.778. The van der Waals surface area contributed by atoms with Crippen molar-refractivity contribution in [3.8, 4) is 6.07 Å². The molecule has 1 heterocycles. The summed E-state index contributed by atoms with van der Waals surface area (Å²) in [6, 6.07) is 2.09. The first-order chi connectivity index (χ1) is 5.79. The number of nitrogens with zero attached hydrogens (tertiary/aromatic N) is 1. The van der Waals surface area contributed by atoms with Crippen LogP contribution in [0.4, 0.5) is 0 Å². The molecule has 66 valence electrons. The van der Waals surface area contributed by atoms with Crippen LogP contribution in [0, 0.1) is 23.2 Å². The summed E-state index contributed by atoms with van der Waals surface area (Å²) >= 11 is 0. The lowest BCUT2D eigenvalue weighted by atomic mass is 9.89. The standard InChI is InChI=1S/C9H13NO2/c1-7-6-12-9(5-11)8(7)3-2-4-10/h5,7-9H,2-3,6H2,1H3/t7-,8-,9?/m0/s1. The van der Waals surface area contributed by atoms with Crippen LogP contribution in [0.1, 0.15) is 19.8 Å². The maximum Gasteiger partial charge on any atom is 0.149 e. The molecule has 0 aromatic heterocycles. The highest BCUT2D eigenvalue weighted by Gasteiger charge is 2.33. The minimum absolute atomic E-state index is 0.252. The summed E-state index contributed by atoms with van der Waals surface area (Å²) in [5.41, 5.74) is 0. The van der Waals surface area contributed by atoms with Gasteiger partial charge in [0.05, 0.1) is 12.7 Å². The van der Waals surface area contributed by atoms with Crippen molar-refractivity contribution in [3.63, 3.8) is 0 Å². The molecule has 0 radical (unpaired) electrons. The zero-order chi connectivity index (χ0) is 8.97. The monoisotopic (exact) mass is 167 g/mol. The molecule has 0 spiro atoms. The van der Waals surface area contributed by atoms with Crippen LogP contribution < -0.4 is 0 Å². The first kappa shape index (κ1) is 9.21. The Balaban J connectivity index is 2.47. The quantitative estimate of drug-likeness (QED) is 0.592. The van der Waals surface area contributed by atoms with Gasteiger partial charge in [-0.05, 0) is 18.3 Å². The smallest absolute Gasteiger partial charge is 0.149 e. The van der Waals surface area contributed by atoms with Gasteiger partial charge in [-0.1, -0.05) is 6.92 Å². The lowest BCUT2D eigenvalue weighted by Gasteiger charge is -2.14. The summed E-state index contributed by atoms with van der Waals surface area (Å²) in [4.78, 5) is 10.5. The second-order valence-corrected chi connectivity index (χ2v) is 3.27. The van der Waals surface area contributed by atoms with E-state index in [9.17, 15) is 4.79 Å². The van der Waals surface area contributed by atoms with Gasteiger partial charge in [0.15, 0.2) is 0 Å². The molecular formula is C9H13NO2. The molecule has 3 nitrogen and oxygen atoms in total. The van der Waals surface area contributed by atoms with E-state index in [-0.39, 0.29) is 12.0 Å². The highest BCUT2D eigenvalue weighted by atomic mass is 16.5. The van der Waals surface area contributed by atoms with Gasteiger partial charge in [0.2, 0.25) is 0 Å². The van der Waals surface area contributed by atoms with Crippen LogP contribution in [0.5, 0.6) is 0 Å². The third-order valence-corrected chi connectivity index (χ3v) is 2.43. The Kier molecular flexibility index (Phi) is 3.24. The van der Waals surface area contributed by atoms with E-state index < -0.39 is 0 Å². The van der Waals surface area contributed by atoms with Gasteiger partial charge in [-0.25, -0.2) is 0 Å². The van der Waals surface area contributed by atoms with Crippen molar-refractivity contribution < 1.29 is 9.53 Å². The van der Waals surface area contributed by atoms with Crippen LogP contribution in [-0.4, -0.2) is 19.0 Å². The van der Waals surface area contributed by atoms with Crippen LogP contribution in [0.15, 0.2) is 0 Å². The second-order valence-electron chi connectivity index (χ2n) is 3.27. The van der Waals surface area contributed by atoms with Crippen molar-refractivity contribution in [2.75, 3.05) is 6.61 Å². The summed E-state index contributed by atoms with van der Waals surface area (Å²) in [6.07, 6.45) is 1.88. The van der Waals surface area contributed by atoms with Gasteiger partial charge < -0.3 is 9.53 Å². The Labute approximate surface area is 72.3 Å². The van der Waals surface area contributed by atoms with Crippen molar-refractivity contribution in [3.05, 3.63) is 0 Å². The summed E-state index contributed by atoms with van der Waals surface area (Å²) in [7, 11) is 0. The highest BCUT2D eigenvalue weighted by molar-refractivity contribution is 5.57. The average Bonchev–Trinajstić information content (AvgIpc) is 2.43. The molecule has 1 rings (SSSR count). The van der Waals surface area contributed by atoms with Gasteiger partial charge in [-0.2, -0.15) is 5.26 Å². The van der Waals surface area contributed by atoms with Gasteiger partial charge in [-0.15, -0.1) is 0 Å². The van der Waals surface area contributed by atoms with Crippen LogP contribution in [0.2, 0.25) is 0 Å². The highest BCUT2D eigenvalue weighted by Crippen LogP contribution is 2.29. The Morgan fingerprint density at radius 3 is 3.08 bits per heavy atom. The molecule has 0 aromatic carbocycles. The number of carbonyl (C=O) groups excluding carboxylic acids is 1. The lowest BCUT2D eigenvalue weighted by Crippen LogP contribution is -2.20. The van der Waals surface area contributed by atoms with Crippen molar-refractivity contribution in [1.82, 2.24) is 0 Å². The van der Waals surface area contributed by atoms with E-state index in [1.165, 1.54) is 0 Å². The molecule has 1 saturated heterocycles. The van der Waals surface area contributed by atoms with E-state index in [4.69, 9.17) is 10.00 Å². The third kappa shape index (κ3) is 1.83. The maximum absolute atomic E-state index is 10.5. The molecule has 0 amide bonds. The summed E-state index contributed by atoms with van der Waals surface area (Å²) in [5.74, 6) is 0.663. The molecule has 1 aliphatic heterocycles. The van der Waals surface area contributed by atoms with E-state index >= 15 is 0 Å². The molecular weight excluding hydrogens is 154 g/mol. The van der Waals surface area contributed by atoms with E-state index in [0.29, 0.717) is 18.9 Å².